The fraction of sp³-hybridized carbons (Fsp3) is 0.933. The van der Waals surface area contributed by atoms with Gasteiger partial charge < -0.3 is 15.3 Å². The molecule has 2 rings (SSSR count). The molecule has 0 aromatic heterocycles. The van der Waals surface area contributed by atoms with Crippen molar-refractivity contribution in [3.8, 4) is 0 Å². The topological polar surface area (TPSA) is 52.6 Å². The molecule has 2 aliphatic rings. The second kappa shape index (κ2) is 6.23. The summed E-state index contributed by atoms with van der Waals surface area (Å²) in [4.78, 5) is 14.9. The van der Waals surface area contributed by atoms with E-state index in [0.717, 1.165) is 58.3 Å². The maximum Gasteiger partial charge on any atom is 0.228 e. The van der Waals surface area contributed by atoms with E-state index in [1.165, 1.54) is 0 Å². The fourth-order valence-corrected chi connectivity index (χ4v) is 3.66. The number of piperidine rings is 1. The van der Waals surface area contributed by atoms with E-state index in [2.05, 4.69) is 12.2 Å². The van der Waals surface area contributed by atoms with Crippen LogP contribution in [0.3, 0.4) is 0 Å². The first-order valence-corrected chi connectivity index (χ1v) is 7.77. The van der Waals surface area contributed by atoms with E-state index in [-0.39, 0.29) is 17.4 Å². The highest BCUT2D eigenvalue weighted by molar-refractivity contribution is 5.83. The Bertz CT molecular complexity index is 306. The number of rotatable bonds is 4. The standard InChI is InChI=1S/C15H28N2O2/c1-3-5-15(6-8-16-9-7-15)14(19)17-10-4-13(11-17)12(2)18/h12-13,16,18H,3-11H2,1-2H3. The second-order valence-electron chi connectivity index (χ2n) is 6.32. The minimum absolute atomic E-state index is 0.131. The van der Waals surface area contributed by atoms with Crippen LogP contribution in [-0.4, -0.2) is 48.2 Å². The minimum Gasteiger partial charge on any atom is -0.393 e. The van der Waals surface area contributed by atoms with Crippen molar-refractivity contribution in [1.82, 2.24) is 10.2 Å². The lowest BCUT2D eigenvalue weighted by atomic mass is 9.74. The van der Waals surface area contributed by atoms with Gasteiger partial charge in [0.2, 0.25) is 5.91 Å². The summed E-state index contributed by atoms with van der Waals surface area (Å²) >= 11 is 0. The zero-order valence-electron chi connectivity index (χ0n) is 12.3. The van der Waals surface area contributed by atoms with E-state index in [1.54, 1.807) is 0 Å². The minimum atomic E-state index is -0.298. The fourth-order valence-electron chi connectivity index (χ4n) is 3.66. The van der Waals surface area contributed by atoms with Crippen molar-refractivity contribution in [2.24, 2.45) is 11.3 Å². The van der Waals surface area contributed by atoms with Crippen LogP contribution in [0.15, 0.2) is 0 Å². The number of aliphatic hydroxyl groups excluding tert-OH is 1. The highest BCUT2D eigenvalue weighted by atomic mass is 16.3. The second-order valence-corrected chi connectivity index (χ2v) is 6.32. The van der Waals surface area contributed by atoms with E-state index >= 15 is 0 Å². The van der Waals surface area contributed by atoms with Crippen LogP contribution in [0.2, 0.25) is 0 Å². The molecule has 2 N–H and O–H groups in total. The summed E-state index contributed by atoms with van der Waals surface area (Å²) in [6.07, 6.45) is 4.66. The van der Waals surface area contributed by atoms with E-state index < -0.39 is 0 Å². The first kappa shape index (κ1) is 14.8. The molecule has 2 fully saturated rings. The average Bonchev–Trinajstić information content (AvgIpc) is 2.89. The van der Waals surface area contributed by atoms with Crippen LogP contribution in [-0.2, 0) is 4.79 Å². The summed E-state index contributed by atoms with van der Waals surface area (Å²) in [5.74, 6) is 0.614. The van der Waals surface area contributed by atoms with Gasteiger partial charge in [-0.1, -0.05) is 13.3 Å². The van der Waals surface area contributed by atoms with Crippen molar-refractivity contribution in [3.05, 3.63) is 0 Å². The zero-order valence-corrected chi connectivity index (χ0v) is 12.3. The molecule has 2 unspecified atom stereocenters. The Morgan fingerprint density at radius 1 is 1.47 bits per heavy atom. The molecule has 0 aromatic carbocycles. The molecule has 1 amide bonds. The molecule has 19 heavy (non-hydrogen) atoms. The van der Waals surface area contributed by atoms with Crippen LogP contribution in [0, 0.1) is 11.3 Å². The van der Waals surface area contributed by atoms with Gasteiger partial charge in [-0.25, -0.2) is 0 Å². The van der Waals surface area contributed by atoms with Crippen LogP contribution in [0.25, 0.3) is 0 Å². The SMILES string of the molecule is CCCC1(C(=O)N2CCC(C(C)O)C2)CCNCC1. The van der Waals surface area contributed by atoms with Crippen LogP contribution in [0.5, 0.6) is 0 Å². The molecule has 110 valence electrons. The van der Waals surface area contributed by atoms with Gasteiger partial charge in [0.1, 0.15) is 0 Å². The molecule has 0 saturated carbocycles. The Morgan fingerprint density at radius 2 is 2.16 bits per heavy atom. The van der Waals surface area contributed by atoms with E-state index in [1.807, 2.05) is 11.8 Å². The predicted octanol–water partition coefficient (Wildman–Crippen LogP) is 1.39. The van der Waals surface area contributed by atoms with Gasteiger partial charge in [-0.15, -0.1) is 0 Å². The first-order valence-electron chi connectivity index (χ1n) is 7.77. The van der Waals surface area contributed by atoms with Gasteiger partial charge in [-0.05, 0) is 45.7 Å². The van der Waals surface area contributed by atoms with Crippen molar-refractivity contribution in [2.45, 2.75) is 52.1 Å². The number of nitrogens with one attached hydrogen (secondary N) is 1. The number of hydrogen-bond acceptors (Lipinski definition) is 3. The first-order chi connectivity index (χ1) is 9.09. The van der Waals surface area contributed by atoms with Crippen molar-refractivity contribution in [3.63, 3.8) is 0 Å². The molecule has 0 radical (unpaired) electrons. The van der Waals surface area contributed by atoms with Crippen LogP contribution >= 0.6 is 0 Å². The molecular formula is C15H28N2O2. The molecule has 2 atom stereocenters. The number of carbonyl (C=O) groups is 1. The van der Waals surface area contributed by atoms with Crippen LogP contribution in [0.1, 0.15) is 46.0 Å². The molecule has 4 nitrogen and oxygen atoms in total. The van der Waals surface area contributed by atoms with E-state index in [0.29, 0.717) is 5.91 Å². The van der Waals surface area contributed by atoms with Gasteiger partial charge in [-0.2, -0.15) is 0 Å². The summed E-state index contributed by atoms with van der Waals surface area (Å²) in [6, 6.07) is 0. The van der Waals surface area contributed by atoms with Gasteiger partial charge in [0, 0.05) is 19.0 Å². The summed E-state index contributed by atoms with van der Waals surface area (Å²) in [5, 5.41) is 13.0. The molecule has 0 bridgehead atoms. The van der Waals surface area contributed by atoms with Crippen molar-refractivity contribution >= 4 is 5.91 Å². The number of nitrogens with zero attached hydrogens (tertiary/aromatic N) is 1. The normalized spacial score (nSPS) is 28.4. The Balaban J connectivity index is 2.04. The van der Waals surface area contributed by atoms with Gasteiger partial charge in [0.15, 0.2) is 0 Å². The van der Waals surface area contributed by atoms with Gasteiger partial charge >= 0.3 is 0 Å². The number of aliphatic hydroxyl groups is 1. The third kappa shape index (κ3) is 3.11. The quantitative estimate of drug-likeness (QED) is 0.810. The van der Waals surface area contributed by atoms with Gasteiger partial charge in [-0.3, -0.25) is 4.79 Å². The molecule has 2 saturated heterocycles. The molecule has 2 heterocycles. The smallest absolute Gasteiger partial charge is 0.228 e. The van der Waals surface area contributed by atoms with Crippen molar-refractivity contribution in [2.75, 3.05) is 26.2 Å². The summed E-state index contributed by atoms with van der Waals surface area (Å²) in [6.45, 7) is 7.49. The maximum absolute atomic E-state index is 12.9. The molecule has 4 heteroatoms. The Hall–Kier alpha value is -0.610. The zero-order chi connectivity index (χ0) is 13.9. The van der Waals surface area contributed by atoms with Crippen molar-refractivity contribution < 1.29 is 9.90 Å². The van der Waals surface area contributed by atoms with Crippen LogP contribution in [0.4, 0.5) is 0 Å². The lowest BCUT2D eigenvalue weighted by molar-refractivity contribution is -0.143. The Kier molecular flexibility index (Phi) is 4.85. The predicted molar refractivity (Wildman–Crippen MR) is 75.8 cm³/mol. The monoisotopic (exact) mass is 268 g/mol. The van der Waals surface area contributed by atoms with Crippen LogP contribution < -0.4 is 5.32 Å². The molecule has 0 aromatic rings. The van der Waals surface area contributed by atoms with Crippen molar-refractivity contribution in [1.29, 1.82) is 0 Å². The highest BCUT2D eigenvalue weighted by Crippen LogP contribution is 2.37. The number of carbonyl (C=O) groups excluding carboxylic acids is 1. The number of hydrogen-bond donors (Lipinski definition) is 2. The molecule has 2 aliphatic heterocycles. The van der Waals surface area contributed by atoms with E-state index in [4.69, 9.17) is 0 Å². The molecule has 0 aliphatic carbocycles. The summed E-state index contributed by atoms with van der Waals surface area (Å²) < 4.78 is 0. The Labute approximate surface area is 116 Å². The Morgan fingerprint density at radius 3 is 2.68 bits per heavy atom. The lowest BCUT2D eigenvalue weighted by Crippen LogP contribution is -2.48. The highest BCUT2D eigenvalue weighted by Gasteiger charge is 2.43. The third-order valence-corrected chi connectivity index (χ3v) is 4.94. The summed E-state index contributed by atoms with van der Waals surface area (Å²) in [7, 11) is 0. The molecular weight excluding hydrogens is 240 g/mol. The van der Waals surface area contributed by atoms with Gasteiger partial charge in [0.05, 0.1) is 11.5 Å². The summed E-state index contributed by atoms with van der Waals surface area (Å²) in [5.41, 5.74) is -0.131. The third-order valence-electron chi connectivity index (χ3n) is 4.94. The molecule has 0 spiro atoms. The average molecular weight is 268 g/mol. The lowest BCUT2D eigenvalue weighted by Gasteiger charge is -2.39. The number of amides is 1. The van der Waals surface area contributed by atoms with E-state index in [9.17, 15) is 9.90 Å². The van der Waals surface area contributed by atoms with Gasteiger partial charge in [0.25, 0.3) is 0 Å². The maximum atomic E-state index is 12.9. The largest absolute Gasteiger partial charge is 0.393 e. The number of likely N-dealkylation sites (tertiary alicyclic amines) is 1.